The van der Waals surface area contributed by atoms with Gasteiger partial charge in [0.15, 0.2) is 11.5 Å². The lowest BCUT2D eigenvalue weighted by atomic mass is 10.0. The fourth-order valence-corrected chi connectivity index (χ4v) is 5.31. The summed E-state index contributed by atoms with van der Waals surface area (Å²) in [6.45, 7) is 1.90. The van der Waals surface area contributed by atoms with Crippen molar-refractivity contribution in [3.05, 3.63) is 53.6 Å². The van der Waals surface area contributed by atoms with Gasteiger partial charge in [0.1, 0.15) is 10.6 Å². The van der Waals surface area contributed by atoms with Gasteiger partial charge in [-0.3, -0.25) is 4.79 Å². The Labute approximate surface area is 200 Å². The first kappa shape index (κ1) is 24.1. The van der Waals surface area contributed by atoms with Gasteiger partial charge in [0.05, 0.1) is 26.4 Å². The van der Waals surface area contributed by atoms with E-state index in [1.54, 1.807) is 18.2 Å². The second-order valence-corrected chi connectivity index (χ2v) is 10.6. The predicted molar refractivity (Wildman–Crippen MR) is 129 cm³/mol. The van der Waals surface area contributed by atoms with Crippen molar-refractivity contribution in [2.75, 3.05) is 41.0 Å². The smallest absolute Gasteiger partial charge is 0.247 e. The standard InChI is InChI=1S/C25H30N2O6S/c1-26(2)34(29,30)24-16-18(7-10-22(24)31-3)8-12-25(28)27-13-4-6-20(27)19-9-11-21-23(17-19)33-15-5-14-32-21/h7-12,16-17,20H,4-6,13-15H2,1-3H3/b12-8+. The van der Waals surface area contributed by atoms with Gasteiger partial charge in [0.2, 0.25) is 15.9 Å². The van der Waals surface area contributed by atoms with Crippen LogP contribution in [0.25, 0.3) is 6.08 Å². The maximum atomic E-state index is 13.1. The molecule has 0 N–H and O–H groups in total. The van der Waals surface area contributed by atoms with Crippen LogP contribution in [0.3, 0.4) is 0 Å². The number of carbonyl (C=O) groups excluding carboxylic acids is 1. The van der Waals surface area contributed by atoms with Crippen LogP contribution in [0.5, 0.6) is 17.2 Å². The number of ether oxygens (including phenoxy) is 3. The van der Waals surface area contributed by atoms with Gasteiger partial charge in [0, 0.05) is 33.1 Å². The zero-order valence-corrected chi connectivity index (χ0v) is 20.5. The number of amides is 1. The van der Waals surface area contributed by atoms with E-state index in [2.05, 4.69) is 0 Å². The molecule has 2 heterocycles. The van der Waals surface area contributed by atoms with E-state index in [0.29, 0.717) is 25.3 Å². The lowest BCUT2D eigenvalue weighted by Crippen LogP contribution is -2.28. The molecule has 2 aliphatic rings. The van der Waals surface area contributed by atoms with E-state index in [-0.39, 0.29) is 22.6 Å². The molecule has 0 aliphatic carbocycles. The number of likely N-dealkylation sites (tertiary alicyclic amines) is 1. The summed E-state index contributed by atoms with van der Waals surface area (Å²) >= 11 is 0. The number of sulfonamides is 1. The molecule has 2 aromatic rings. The van der Waals surface area contributed by atoms with Crippen LogP contribution in [0.15, 0.2) is 47.4 Å². The molecular formula is C25H30N2O6S. The third kappa shape index (κ3) is 4.90. The predicted octanol–water partition coefficient (Wildman–Crippen LogP) is 3.48. The van der Waals surface area contributed by atoms with Crippen molar-refractivity contribution in [2.24, 2.45) is 0 Å². The van der Waals surface area contributed by atoms with Crippen LogP contribution in [-0.2, 0) is 14.8 Å². The van der Waals surface area contributed by atoms with Crippen LogP contribution >= 0.6 is 0 Å². The Balaban J connectivity index is 1.54. The minimum atomic E-state index is -3.69. The van der Waals surface area contributed by atoms with Gasteiger partial charge in [-0.05, 0) is 54.3 Å². The number of rotatable bonds is 6. The molecule has 2 aliphatic heterocycles. The van der Waals surface area contributed by atoms with Gasteiger partial charge in [0.25, 0.3) is 0 Å². The van der Waals surface area contributed by atoms with Gasteiger partial charge in [-0.15, -0.1) is 0 Å². The summed E-state index contributed by atoms with van der Waals surface area (Å²) < 4.78 is 43.2. The summed E-state index contributed by atoms with van der Waals surface area (Å²) in [6.07, 6.45) is 5.75. The van der Waals surface area contributed by atoms with Crippen LogP contribution in [0.1, 0.15) is 36.4 Å². The Morgan fingerprint density at radius 2 is 1.85 bits per heavy atom. The second-order valence-electron chi connectivity index (χ2n) is 8.48. The summed E-state index contributed by atoms with van der Waals surface area (Å²) in [5.74, 6) is 1.59. The molecule has 182 valence electrons. The summed E-state index contributed by atoms with van der Waals surface area (Å²) in [5.41, 5.74) is 1.62. The van der Waals surface area contributed by atoms with Crippen molar-refractivity contribution in [2.45, 2.75) is 30.2 Å². The van der Waals surface area contributed by atoms with E-state index in [4.69, 9.17) is 14.2 Å². The minimum Gasteiger partial charge on any atom is -0.495 e. The van der Waals surface area contributed by atoms with Crippen LogP contribution in [0.4, 0.5) is 0 Å². The second kappa shape index (κ2) is 10.1. The van der Waals surface area contributed by atoms with Gasteiger partial charge < -0.3 is 19.1 Å². The molecule has 34 heavy (non-hydrogen) atoms. The van der Waals surface area contributed by atoms with E-state index in [0.717, 1.165) is 40.6 Å². The van der Waals surface area contributed by atoms with E-state index < -0.39 is 10.0 Å². The Bertz CT molecular complexity index is 1190. The highest BCUT2D eigenvalue weighted by Crippen LogP contribution is 2.38. The number of hydrogen-bond acceptors (Lipinski definition) is 6. The zero-order valence-electron chi connectivity index (χ0n) is 19.7. The number of hydrogen-bond donors (Lipinski definition) is 0. The SMILES string of the molecule is COc1ccc(/C=C/C(=O)N2CCCC2c2ccc3c(c2)OCCCO3)cc1S(=O)(=O)N(C)C. The van der Waals surface area contributed by atoms with E-state index in [1.807, 2.05) is 23.1 Å². The molecule has 0 bridgehead atoms. The number of fused-ring (bicyclic) bond motifs is 1. The molecule has 8 nitrogen and oxygen atoms in total. The molecule has 1 saturated heterocycles. The first-order valence-electron chi connectivity index (χ1n) is 11.3. The summed E-state index contributed by atoms with van der Waals surface area (Å²) in [7, 11) is 0.665. The fraction of sp³-hybridized carbons (Fsp3) is 0.400. The van der Waals surface area contributed by atoms with Gasteiger partial charge in [-0.2, -0.15) is 0 Å². The fourth-order valence-electron chi connectivity index (χ4n) is 4.22. The third-order valence-corrected chi connectivity index (χ3v) is 7.89. The van der Waals surface area contributed by atoms with Crippen molar-refractivity contribution < 1.29 is 27.4 Å². The highest BCUT2D eigenvalue weighted by atomic mass is 32.2. The van der Waals surface area contributed by atoms with Crippen molar-refractivity contribution in [1.29, 1.82) is 0 Å². The average molecular weight is 487 g/mol. The molecular weight excluding hydrogens is 456 g/mol. The molecule has 1 fully saturated rings. The van der Waals surface area contributed by atoms with Gasteiger partial charge in [-0.25, -0.2) is 12.7 Å². The van der Waals surface area contributed by atoms with Crippen LogP contribution in [0, 0.1) is 0 Å². The molecule has 0 radical (unpaired) electrons. The quantitative estimate of drug-likeness (QED) is 0.581. The van der Waals surface area contributed by atoms with Crippen molar-refractivity contribution in [3.8, 4) is 17.2 Å². The Kier molecular flexibility index (Phi) is 7.13. The molecule has 1 amide bonds. The van der Waals surface area contributed by atoms with Gasteiger partial charge >= 0.3 is 0 Å². The van der Waals surface area contributed by atoms with Crippen molar-refractivity contribution in [1.82, 2.24) is 9.21 Å². The maximum Gasteiger partial charge on any atom is 0.247 e. The summed E-state index contributed by atoms with van der Waals surface area (Å²) in [5, 5.41) is 0. The lowest BCUT2D eigenvalue weighted by Gasteiger charge is -2.24. The van der Waals surface area contributed by atoms with Crippen LogP contribution < -0.4 is 14.2 Å². The highest BCUT2D eigenvalue weighted by molar-refractivity contribution is 7.89. The number of nitrogens with zero attached hydrogens (tertiary/aromatic N) is 2. The molecule has 9 heteroatoms. The van der Waals surface area contributed by atoms with Crippen LogP contribution in [-0.4, -0.2) is 64.5 Å². The van der Waals surface area contributed by atoms with E-state index >= 15 is 0 Å². The monoisotopic (exact) mass is 486 g/mol. The molecule has 4 rings (SSSR count). The van der Waals surface area contributed by atoms with Crippen molar-refractivity contribution in [3.63, 3.8) is 0 Å². The Morgan fingerprint density at radius 3 is 2.59 bits per heavy atom. The van der Waals surface area contributed by atoms with Crippen molar-refractivity contribution >= 4 is 22.0 Å². The van der Waals surface area contributed by atoms with E-state index in [9.17, 15) is 13.2 Å². The van der Waals surface area contributed by atoms with Gasteiger partial charge in [-0.1, -0.05) is 12.1 Å². The molecule has 1 atom stereocenters. The van der Waals surface area contributed by atoms with Crippen LogP contribution in [0.2, 0.25) is 0 Å². The highest BCUT2D eigenvalue weighted by Gasteiger charge is 2.30. The summed E-state index contributed by atoms with van der Waals surface area (Å²) in [6, 6.07) is 10.7. The average Bonchev–Trinajstić information content (AvgIpc) is 3.21. The molecule has 0 spiro atoms. The zero-order chi connectivity index (χ0) is 24.3. The topological polar surface area (TPSA) is 85.4 Å². The largest absolute Gasteiger partial charge is 0.495 e. The normalized spacial score (nSPS) is 18.4. The number of benzene rings is 2. The molecule has 1 unspecified atom stereocenters. The molecule has 2 aromatic carbocycles. The summed E-state index contributed by atoms with van der Waals surface area (Å²) in [4.78, 5) is 15.0. The first-order valence-corrected chi connectivity index (χ1v) is 12.7. The minimum absolute atomic E-state index is 0.0464. The lowest BCUT2D eigenvalue weighted by molar-refractivity contribution is -0.126. The Hall–Kier alpha value is -3.04. The molecule has 0 saturated carbocycles. The maximum absolute atomic E-state index is 13.1. The first-order chi connectivity index (χ1) is 16.3. The number of carbonyl (C=O) groups is 1. The molecule has 0 aromatic heterocycles. The third-order valence-electron chi connectivity index (χ3n) is 6.06. The van der Waals surface area contributed by atoms with E-state index in [1.165, 1.54) is 33.3 Å². The Morgan fingerprint density at radius 1 is 1.09 bits per heavy atom. The number of methoxy groups -OCH3 is 1.